The molecule has 2 bridgehead atoms. The largest absolute Gasteiger partial charge is 0.488 e. The van der Waals surface area contributed by atoms with Crippen molar-refractivity contribution in [3.63, 3.8) is 0 Å². The van der Waals surface area contributed by atoms with E-state index in [0.717, 1.165) is 77.6 Å². The van der Waals surface area contributed by atoms with Crippen molar-refractivity contribution < 1.29 is 19.4 Å². The Morgan fingerprint density at radius 1 is 1.10 bits per heavy atom. The number of hydrogen-bond donors (Lipinski definition) is 1. The van der Waals surface area contributed by atoms with Crippen LogP contribution in [0.2, 0.25) is 0 Å². The van der Waals surface area contributed by atoms with E-state index in [1.165, 1.54) is 0 Å². The minimum absolute atomic E-state index is 0.0223. The Kier molecular flexibility index (Phi) is 7.91. The number of carboxylic acid groups (broad SMARTS) is 1. The molecule has 8 nitrogen and oxygen atoms in total. The fourth-order valence-electron chi connectivity index (χ4n) is 6.88. The van der Waals surface area contributed by atoms with Gasteiger partial charge in [0.2, 0.25) is 0 Å². The molecular formula is C33H36N4O4S. The first kappa shape index (κ1) is 28.2. The highest BCUT2D eigenvalue weighted by molar-refractivity contribution is 7.14. The van der Waals surface area contributed by atoms with Crippen LogP contribution in [-0.4, -0.2) is 53.0 Å². The van der Waals surface area contributed by atoms with E-state index in [1.54, 1.807) is 16.2 Å². The summed E-state index contributed by atoms with van der Waals surface area (Å²) in [6.45, 7) is 7.08. The van der Waals surface area contributed by atoms with Crippen molar-refractivity contribution in [1.82, 2.24) is 9.88 Å². The Balaban J connectivity index is 1.15. The lowest BCUT2D eigenvalue weighted by atomic mass is 9.85. The van der Waals surface area contributed by atoms with Gasteiger partial charge in [0.05, 0.1) is 23.6 Å². The van der Waals surface area contributed by atoms with Crippen molar-refractivity contribution in [2.75, 3.05) is 31.1 Å². The zero-order valence-corrected chi connectivity index (χ0v) is 24.9. The molecule has 3 heterocycles. The number of hydrogen-bond acceptors (Lipinski definition) is 7. The predicted octanol–water partition coefficient (Wildman–Crippen LogP) is 5.93. The molecule has 2 unspecified atom stereocenters. The number of carboxylic acids is 1. The van der Waals surface area contributed by atoms with E-state index in [4.69, 9.17) is 9.72 Å². The second kappa shape index (κ2) is 11.8. The maximum Gasteiger partial charge on any atom is 0.307 e. The summed E-state index contributed by atoms with van der Waals surface area (Å²) >= 11 is 1.60. The summed E-state index contributed by atoms with van der Waals surface area (Å²) in [6.07, 6.45) is 3.66. The van der Waals surface area contributed by atoms with Gasteiger partial charge in [0.15, 0.2) is 5.13 Å². The number of thiazole rings is 1. The predicted molar refractivity (Wildman–Crippen MR) is 162 cm³/mol. The Bertz CT molecular complexity index is 1530. The normalized spacial score (nSPS) is 23.5. The average Bonchev–Trinajstić information content (AvgIpc) is 3.59. The van der Waals surface area contributed by atoms with Crippen LogP contribution in [0.25, 0.3) is 11.3 Å². The van der Waals surface area contributed by atoms with Gasteiger partial charge in [-0.2, -0.15) is 5.26 Å². The summed E-state index contributed by atoms with van der Waals surface area (Å²) < 4.78 is 6.35. The third-order valence-corrected chi connectivity index (χ3v) is 10.1. The third kappa shape index (κ3) is 5.60. The zero-order valence-electron chi connectivity index (χ0n) is 24.1. The van der Waals surface area contributed by atoms with Crippen LogP contribution in [-0.2, 0) is 11.4 Å². The first-order valence-electron chi connectivity index (χ1n) is 14.8. The lowest BCUT2D eigenvalue weighted by Gasteiger charge is -2.35. The highest BCUT2D eigenvalue weighted by Crippen LogP contribution is 2.44. The van der Waals surface area contributed by atoms with E-state index in [0.29, 0.717) is 25.3 Å². The van der Waals surface area contributed by atoms with Crippen LogP contribution in [0.15, 0.2) is 41.8 Å². The van der Waals surface area contributed by atoms with Gasteiger partial charge in [0.1, 0.15) is 12.4 Å². The van der Waals surface area contributed by atoms with Gasteiger partial charge in [-0.1, -0.05) is 17.7 Å². The van der Waals surface area contributed by atoms with E-state index < -0.39 is 5.97 Å². The van der Waals surface area contributed by atoms with Crippen molar-refractivity contribution in [3.8, 4) is 23.1 Å². The third-order valence-electron chi connectivity index (χ3n) is 9.16. The lowest BCUT2D eigenvalue weighted by molar-refractivity contribution is -0.144. The Morgan fingerprint density at radius 3 is 2.60 bits per heavy atom. The molecule has 42 heavy (non-hydrogen) atoms. The number of nitrogens with zero attached hydrogens (tertiary/aromatic N) is 4. The molecule has 1 aliphatic carbocycles. The van der Waals surface area contributed by atoms with Crippen molar-refractivity contribution in [1.29, 1.82) is 5.26 Å². The highest BCUT2D eigenvalue weighted by atomic mass is 32.1. The second-order valence-electron chi connectivity index (χ2n) is 12.0. The van der Waals surface area contributed by atoms with Crippen molar-refractivity contribution in [2.24, 2.45) is 23.7 Å². The number of aliphatic carboxylic acids is 1. The Morgan fingerprint density at radius 2 is 1.88 bits per heavy atom. The molecule has 2 saturated heterocycles. The summed E-state index contributed by atoms with van der Waals surface area (Å²) in [5.41, 5.74) is 5.53. The molecule has 3 fully saturated rings. The first-order valence-corrected chi connectivity index (χ1v) is 15.6. The van der Waals surface area contributed by atoms with E-state index in [-0.39, 0.29) is 29.6 Å². The Labute approximate surface area is 250 Å². The van der Waals surface area contributed by atoms with Crippen LogP contribution >= 0.6 is 11.3 Å². The molecule has 9 heteroatoms. The van der Waals surface area contributed by atoms with Gasteiger partial charge in [-0.15, -0.1) is 11.3 Å². The number of rotatable bonds is 7. The standard InChI is InChI=1S/C33H36N4O4S/c1-20-5-10-29(41-18-26-9-6-23(13-21(26)2)31(38)36-11-3-4-22(14-34)15-36)27(12-20)28-19-42-33(35-28)37-16-24-7-8-25(17-37)30(24)32(39)40/h5-6,9-10,12-13,19,22,24-25,30H,3-4,7-8,11,15-18H2,1-2H3,(H,39,40)/t22?,24-,25?,30+/m0/s1. The molecule has 2 aliphatic heterocycles. The molecule has 1 N–H and O–H groups in total. The van der Waals surface area contributed by atoms with E-state index >= 15 is 0 Å². The number of piperidine rings is 2. The molecule has 3 aliphatic rings. The van der Waals surface area contributed by atoms with Crippen molar-refractivity contribution in [2.45, 2.75) is 46.1 Å². The van der Waals surface area contributed by atoms with Gasteiger partial charge in [-0.25, -0.2) is 4.98 Å². The van der Waals surface area contributed by atoms with Crippen LogP contribution < -0.4 is 9.64 Å². The topological polar surface area (TPSA) is 107 Å². The number of anilines is 1. The maximum absolute atomic E-state index is 13.1. The SMILES string of the molecule is Cc1ccc(OCc2ccc(C(=O)N3CCCC(C#N)C3)cc2C)c(-c2csc(N3CC4CC[C@@H](C3)[C@H]4C(=O)O)n2)c1. The average molecular weight is 585 g/mol. The van der Waals surface area contributed by atoms with Gasteiger partial charge < -0.3 is 19.6 Å². The summed E-state index contributed by atoms with van der Waals surface area (Å²) in [5.74, 6) is 0.123. The van der Waals surface area contributed by atoms with Crippen molar-refractivity contribution >= 4 is 28.3 Å². The molecule has 4 atom stereocenters. The monoisotopic (exact) mass is 584 g/mol. The van der Waals surface area contributed by atoms with Gasteiger partial charge in [-0.3, -0.25) is 9.59 Å². The Hall–Kier alpha value is -3.90. The molecule has 1 saturated carbocycles. The number of aromatic nitrogens is 1. The van der Waals surface area contributed by atoms with Gasteiger partial charge in [-0.05, 0) is 86.8 Å². The van der Waals surface area contributed by atoms with Crippen molar-refractivity contribution in [3.05, 3.63) is 64.0 Å². The summed E-state index contributed by atoms with van der Waals surface area (Å²) in [6, 6.07) is 14.1. The number of carbonyl (C=O) groups excluding carboxylic acids is 1. The fraction of sp³-hybridized carbons (Fsp3) is 0.455. The number of benzene rings is 2. The zero-order chi connectivity index (χ0) is 29.4. The quantitative estimate of drug-likeness (QED) is 0.367. The maximum atomic E-state index is 13.1. The number of amides is 1. The van der Waals surface area contributed by atoms with Gasteiger partial charge in [0, 0.05) is 42.7 Å². The van der Waals surface area contributed by atoms with Crippen LogP contribution in [0.1, 0.15) is 52.7 Å². The van der Waals surface area contributed by atoms with Crippen LogP contribution in [0.4, 0.5) is 5.13 Å². The molecule has 2 aromatic carbocycles. The second-order valence-corrected chi connectivity index (χ2v) is 12.9. The lowest BCUT2D eigenvalue weighted by Crippen LogP contribution is -2.44. The van der Waals surface area contributed by atoms with E-state index in [9.17, 15) is 20.0 Å². The number of ether oxygens (including phenoxy) is 1. The van der Waals surface area contributed by atoms with Gasteiger partial charge in [0.25, 0.3) is 5.91 Å². The fourth-order valence-corrected chi connectivity index (χ4v) is 7.73. The first-order chi connectivity index (χ1) is 20.3. The minimum Gasteiger partial charge on any atom is -0.488 e. The number of carbonyl (C=O) groups is 2. The van der Waals surface area contributed by atoms with E-state index in [2.05, 4.69) is 29.3 Å². The van der Waals surface area contributed by atoms with Gasteiger partial charge >= 0.3 is 5.97 Å². The molecule has 1 aromatic heterocycles. The summed E-state index contributed by atoms with van der Waals surface area (Å²) in [7, 11) is 0. The van der Waals surface area contributed by atoms with Crippen LogP contribution in [0.5, 0.6) is 5.75 Å². The molecular weight excluding hydrogens is 548 g/mol. The number of aryl methyl sites for hydroxylation is 2. The van der Waals surface area contributed by atoms with Crippen LogP contribution in [0.3, 0.4) is 0 Å². The summed E-state index contributed by atoms with van der Waals surface area (Å²) in [4.78, 5) is 33.9. The number of likely N-dealkylation sites (tertiary alicyclic amines) is 1. The molecule has 3 aromatic rings. The smallest absolute Gasteiger partial charge is 0.307 e. The summed E-state index contributed by atoms with van der Waals surface area (Å²) in [5, 5.41) is 22.0. The molecule has 1 amide bonds. The molecule has 218 valence electrons. The minimum atomic E-state index is -0.657. The molecule has 6 rings (SSSR count). The molecule has 0 spiro atoms. The van der Waals surface area contributed by atoms with Crippen LogP contribution in [0, 0.1) is 48.9 Å². The highest BCUT2D eigenvalue weighted by Gasteiger charge is 2.46. The molecule has 0 radical (unpaired) electrons. The van der Waals surface area contributed by atoms with E-state index in [1.807, 2.05) is 37.3 Å². The number of fused-ring (bicyclic) bond motifs is 2. The number of nitriles is 1.